The van der Waals surface area contributed by atoms with E-state index >= 15 is 0 Å². The average Bonchev–Trinajstić information content (AvgIpc) is 2.87. The Balaban J connectivity index is 1.72. The van der Waals surface area contributed by atoms with Crippen molar-refractivity contribution in [3.05, 3.63) is 65.7 Å². The van der Waals surface area contributed by atoms with Crippen LogP contribution in [0.3, 0.4) is 0 Å². The molecule has 0 aliphatic carbocycles. The molecule has 0 N–H and O–H groups in total. The highest BCUT2D eigenvalue weighted by molar-refractivity contribution is 7.98. The molecule has 2 aromatic carbocycles. The van der Waals surface area contributed by atoms with Gasteiger partial charge in [-0.1, -0.05) is 48.5 Å². The van der Waals surface area contributed by atoms with Crippen LogP contribution in [0.1, 0.15) is 24.0 Å². The first kappa shape index (κ1) is 14.9. The fourth-order valence-corrected chi connectivity index (χ4v) is 3.49. The van der Waals surface area contributed by atoms with Gasteiger partial charge in [-0.3, -0.25) is 14.5 Å². The van der Waals surface area contributed by atoms with Crippen LogP contribution >= 0.6 is 11.8 Å². The summed E-state index contributed by atoms with van der Waals surface area (Å²) >= 11 is 1.74. The lowest BCUT2D eigenvalue weighted by molar-refractivity contribution is -0.139. The molecule has 3 nitrogen and oxygen atoms in total. The molecule has 1 aliphatic heterocycles. The summed E-state index contributed by atoms with van der Waals surface area (Å²) in [7, 11) is 0. The van der Waals surface area contributed by atoms with Crippen LogP contribution in [0.15, 0.2) is 59.5 Å². The maximum absolute atomic E-state index is 11.8. The molecule has 0 atom stereocenters. The number of hydrogen-bond acceptors (Lipinski definition) is 3. The van der Waals surface area contributed by atoms with E-state index in [2.05, 4.69) is 12.1 Å². The molecule has 0 unspecified atom stereocenters. The number of benzene rings is 2. The van der Waals surface area contributed by atoms with E-state index in [1.165, 1.54) is 10.5 Å². The molecule has 22 heavy (non-hydrogen) atoms. The van der Waals surface area contributed by atoms with Gasteiger partial charge in [0.1, 0.15) is 0 Å². The number of likely N-dealkylation sites (tertiary alicyclic amines) is 1. The van der Waals surface area contributed by atoms with Gasteiger partial charge in [0.15, 0.2) is 0 Å². The molecule has 0 radical (unpaired) electrons. The molecule has 2 amide bonds. The van der Waals surface area contributed by atoms with Crippen molar-refractivity contribution in [2.45, 2.75) is 30.0 Å². The monoisotopic (exact) mass is 311 g/mol. The van der Waals surface area contributed by atoms with Crippen LogP contribution < -0.4 is 0 Å². The van der Waals surface area contributed by atoms with Crippen LogP contribution in [0, 0.1) is 0 Å². The lowest BCUT2D eigenvalue weighted by Gasteiger charge is -2.16. The third-order valence-electron chi connectivity index (χ3n) is 3.69. The van der Waals surface area contributed by atoms with E-state index in [1.54, 1.807) is 11.8 Å². The molecule has 1 aliphatic rings. The standard InChI is InChI=1S/C18H17NO2S/c20-17-10-11-18(21)19(17)12-15-8-4-5-9-16(15)22-13-14-6-2-1-3-7-14/h1-9H,10-13H2. The molecule has 0 spiro atoms. The van der Waals surface area contributed by atoms with Crippen molar-refractivity contribution in [1.29, 1.82) is 0 Å². The lowest BCUT2D eigenvalue weighted by atomic mass is 10.2. The summed E-state index contributed by atoms with van der Waals surface area (Å²) in [6.45, 7) is 0.385. The van der Waals surface area contributed by atoms with E-state index in [0.29, 0.717) is 19.4 Å². The van der Waals surface area contributed by atoms with Crippen molar-refractivity contribution in [2.24, 2.45) is 0 Å². The minimum Gasteiger partial charge on any atom is -0.278 e. The number of nitrogens with zero attached hydrogens (tertiary/aromatic N) is 1. The van der Waals surface area contributed by atoms with Crippen LogP contribution in [0.2, 0.25) is 0 Å². The molecule has 3 rings (SSSR count). The van der Waals surface area contributed by atoms with Gasteiger partial charge in [-0.15, -0.1) is 11.8 Å². The second-order valence-electron chi connectivity index (χ2n) is 5.26. The Hall–Kier alpha value is -2.07. The zero-order valence-electron chi connectivity index (χ0n) is 12.2. The predicted octanol–water partition coefficient (Wildman–Crippen LogP) is 3.63. The number of amides is 2. The Morgan fingerprint density at radius 1 is 0.864 bits per heavy atom. The molecule has 112 valence electrons. The summed E-state index contributed by atoms with van der Waals surface area (Å²) in [5.74, 6) is 0.750. The first-order valence-electron chi connectivity index (χ1n) is 7.32. The molecular weight excluding hydrogens is 294 g/mol. The lowest BCUT2D eigenvalue weighted by Crippen LogP contribution is -2.28. The summed E-state index contributed by atoms with van der Waals surface area (Å²) in [5, 5.41) is 0. The Labute approximate surface area is 134 Å². The van der Waals surface area contributed by atoms with Gasteiger partial charge in [-0.05, 0) is 17.2 Å². The highest BCUT2D eigenvalue weighted by Crippen LogP contribution is 2.28. The number of rotatable bonds is 5. The summed E-state index contributed by atoms with van der Waals surface area (Å²) in [6, 6.07) is 18.3. The highest BCUT2D eigenvalue weighted by atomic mass is 32.2. The number of carbonyl (C=O) groups is 2. The van der Waals surface area contributed by atoms with Crippen molar-refractivity contribution < 1.29 is 9.59 Å². The van der Waals surface area contributed by atoms with Crippen molar-refractivity contribution in [3.63, 3.8) is 0 Å². The molecule has 1 fully saturated rings. The van der Waals surface area contributed by atoms with Gasteiger partial charge >= 0.3 is 0 Å². The van der Waals surface area contributed by atoms with Gasteiger partial charge in [0, 0.05) is 23.5 Å². The first-order chi connectivity index (χ1) is 10.7. The largest absolute Gasteiger partial charge is 0.278 e. The second kappa shape index (κ2) is 6.79. The Bertz CT molecular complexity index is 668. The van der Waals surface area contributed by atoms with E-state index in [4.69, 9.17) is 0 Å². The zero-order valence-corrected chi connectivity index (χ0v) is 13.0. The second-order valence-corrected chi connectivity index (χ2v) is 6.27. The summed E-state index contributed by atoms with van der Waals surface area (Å²) in [5.41, 5.74) is 2.29. The maximum Gasteiger partial charge on any atom is 0.229 e. The molecule has 0 bridgehead atoms. The van der Waals surface area contributed by atoms with Gasteiger partial charge in [-0.25, -0.2) is 0 Å². The first-order valence-corrected chi connectivity index (χ1v) is 8.30. The van der Waals surface area contributed by atoms with Gasteiger partial charge in [0.05, 0.1) is 6.54 Å². The van der Waals surface area contributed by atoms with Gasteiger partial charge in [0.25, 0.3) is 0 Å². The number of thioether (sulfide) groups is 1. The van der Waals surface area contributed by atoms with Gasteiger partial charge < -0.3 is 0 Å². The van der Waals surface area contributed by atoms with Crippen molar-refractivity contribution in [2.75, 3.05) is 0 Å². The molecule has 1 saturated heterocycles. The van der Waals surface area contributed by atoms with E-state index in [1.807, 2.05) is 42.5 Å². The average molecular weight is 311 g/mol. The highest BCUT2D eigenvalue weighted by Gasteiger charge is 2.29. The van der Waals surface area contributed by atoms with E-state index in [-0.39, 0.29) is 11.8 Å². The van der Waals surface area contributed by atoms with Gasteiger partial charge in [0.2, 0.25) is 11.8 Å². The molecule has 0 aromatic heterocycles. The summed E-state index contributed by atoms with van der Waals surface area (Å²) in [6.07, 6.45) is 0.691. The minimum atomic E-state index is -0.0622. The number of carbonyl (C=O) groups excluding carboxylic acids is 2. The fourth-order valence-electron chi connectivity index (χ4n) is 2.48. The topological polar surface area (TPSA) is 37.4 Å². The number of imide groups is 1. The van der Waals surface area contributed by atoms with Crippen LogP contribution in [0.5, 0.6) is 0 Å². The zero-order chi connectivity index (χ0) is 15.4. The SMILES string of the molecule is O=C1CCC(=O)N1Cc1ccccc1SCc1ccccc1. The number of hydrogen-bond donors (Lipinski definition) is 0. The van der Waals surface area contributed by atoms with E-state index in [9.17, 15) is 9.59 Å². The summed E-state index contributed by atoms with van der Waals surface area (Å²) in [4.78, 5) is 26.1. The van der Waals surface area contributed by atoms with E-state index < -0.39 is 0 Å². The van der Waals surface area contributed by atoms with Crippen molar-refractivity contribution in [1.82, 2.24) is 4.90 Å². The molecule has 1 heterocycles. The Morgan fingerprint density at radius 3 is 2.23 bits per heavy atom. The van der Waals surface area contributed by atoms with Crippen molar-refractivity contribution >= 4 is 23.6 Å². The molecular formula is C18H17NO2S. The third-order valence-corrected chi connectivity index (χ3v) is 4.88. The smallest absolute Gasteiger partial charge is 0.229 e. The normalized spacial score (nSPS) is 14.6. The van der Waals surface area contributed by atoms with E-state index in [0.717, 1.165) is 16.2 Å². The molecule has 0 saturated carbocycles. The van der Waals surface area contributed by atoms with Crippen LogP contribution in [0.25, 0.3) is 0 Å². The summed E-state index contributed by atoms with van der Waals surface area (Å²) < 4.78 is 0. The quantitative estimate of drug-likeness (QED) is 0.625. The van der Waals surface area contributed by atoms with Crippen LogP contribution in [-0.2, 0) is 21.9 Å². The minimum absolute atomic E-state index is 0.0622. The molecule has 4 heteroatoms. The van der Waals surface area contributed by atoms with Crippen LogP contribution in [0.4, 0.5) is 0 Å². The fraction of sp³-hybridized carbons (Fsp3) is 0.222. The van der Waals surface area contributed by atoms with Gasteiger partial charge in [-0.2, -0.15) is 0 Å². The Kier molecular flexibility index (Phi) is 4.59. The van der Waals surface area contributed by atoms with Crippen LogP contribution in [-0.4, -0.2) is 16.7 Å². The van der Waals surface area contributed by atoms with Crippen molar-refractivity contribution in [3.8, 4) is 0 Å². The Morgan fingerprint density at radius 2 is 1.50 bits per heavy atom. The molecule has 2 aromatic rings. The maximum atomic E-state index is 11.8. The predicted molar refractivity (Wildman–Crippen MR) is 87.2 cm³/mol. The third kappa shape index (κ3) is 3.39.